The van der Waals surface area contributed by atoms with Crippen LogP contribution in [0, 0.1) is 6.92 Å². The Morgan fingerprint density at radius 3 is 3.13 bits per heavy atom. The van der Waals surface area contributed by atoms with E-state index >= 15 is 0 Å². The molecule has 0 bridgehead atoms. The third-order valence-electron chi connectivity index (χ3n) is 2.64. The monoisotopic (exact) mass is 227 g/mol. The lowest BCUT2D eigenvalue weighted by Gasteiger charge is -2.08. The lowest BCUT2D eigenvalue weighted by Crippen LogP contribution is -2.11. The maximum atomic E-state index is 5.77. The van der Waals surface area contributed by atoms with Gasteiger partial charge in [0.15, 0.2) is 0 Å². The van der Waals surface area contributed by atoms with Crippen molar-refractivity contribution in [2.24, 2.45) is 5.73 Å². The third-order valence-corrected chi connectivity index (χ3v) is 3.75. The Hall–Kier alpha value is -0.420. The highest BCUT2D eigenvalue weighted by Gasteiger charge is 2.16. The Kier molecular flexibility index (Phi) is 3.75. The summed E-state index contributed by atoms with van der Waals surface area (Å²) in [6.07, 6.45) is 1.30. The summed E-state index contributed by atoms with van der Waals surface area (Å²) < 4.78 is 11.0. The van der Waals surface area contributed by atoms with E-state index in [-0.39, 0.29) is 6.10 Å². The fraction of sp³-hybridized carbons (Fsp3) is 0.636. The van der Waals surface area contributed by atoms with Gasteiger partial charge in [0.05, 0.1) is 19.3 Å². The standard InChI is InChI=1S/C11H17NO2S/c1-8-9(4-11(5-12)15-8)6-14-10-2-3-13-7-10/h4,10H,2-3,5-7,12H2,1H3. The summed E-state index contributed by atoms with van der Waals surface area (Å²) >= 11 is 1.76. The van der Waals surface area contributed by atoms with Crippen LogP contribution in [0.2, 0.25) is 0 Å². The van der Waals surface area contributed by atoms with E-state index in [1.807, 2.05) is 0 Å². The van der Waals surface area contributed by atoms with Gasteiger partial charge in [-0.3, -0.25) is 0 Å². The normalized spacial score (nSPS) is 21.1. The van der Waals surface area contributed by atoms with Crippen molar-refractivity contribution in [3.05, 3.63) is 21.4 Å². The molecule has 1 aromatic heterocycles. The second kappa shape index (κ2) is 5.07. The summed E-state index contributed by atoms with van der Waals surface area (Å²) in [6, 6.07) is 2.15. The fourth-order valence-electron chi connectivity index (χ4n) is 1.68. The minimum atomic E-state index is 0.283. The van der Waals surface area contributed by atoms with Crippen molar-refractivity contribution in [1.82, 2.24) is 0 Å². The number of rotatable bonds is 4. The van der Waals surface area contributed by atoms with Crippen molar-refractivity contribution < 1.29 is 9.47 Å². The van der Waals surface area contributed by atoms with Crippen LogP contribution in [0.25, 0.3) is 0 Å². The number of hydrogen-bond donors (Lipinski definition) is 1. The number of ether oxygens (including phenoxy) is 2. The molecular formula is C11H17NO2S. The zero-order valence-electron chi connectivity index (χ0n) is 8.99. The van der Waals surface area contributed by atoms with E-state index in [1.165, 1.54) is 15.3 Å². The topological polar surface area (TPSA) is 44.5 Å². The zero-order valence-corrected chi connectivity index (χ0v) is 9.81. The molecule has 0 radical (unpaired) electrons. The molecule has 1 unspecified atom stereocenters. The second-order valence-corrected chi connectivity index (χ2v) is 5.14. The van der Waals surface area contributed by atoms with Gasteiger partial charge < -0.3 is 15.2 Å². The van der Waals surface area contributed by atoms with Crippen LogP contribution in [0.1, 0.15) is 21.7 Å². The molecule has 1 fully saturated rings. The second-order valence-electron chi connectivity index (χ2n) is 3.79. The van der Waals surface area contributed by atoms with Crippen LogP contribution >= 0.6 is 11.3 Å². The van der Waals surface area contributed by atoms with Crippen molar-refractivity contribution in [2.45, 2.75) is 32.6 Å². The maximum Gasteiger partial charge on any atom is 0.0835 e. The van der Waals surface area contributed by atoms with Crippen molar-refractivity contribution in [1.29, 1.82) is 0 Å². The highest BCUT2D eigenvalue weighted by molar-refractivity contribution is 7.12. The van der Waals surface area contributed by atoms with Crippen LogP contribution in [0.4, 0.5) is 0 Å². The van der Waals surface area contributed by atoms with Crippen molar-refractivity contribution in [3.8, 4) is 0 Å². The predicted molar refractivity (Wildman–Crippen MR) is 61.0 cm³/mol. The highest BCUT2D eigenvalue weighted by Crippen LogP contribution is 2.23. The van der Waals surface area contributed by atoms with Crippen LogP contribution in [0.15, 0.2) is 6.07 Å². The van der Waals surface area contributed by atoms with Gasteiger partial charge in [-0.05, 0) is 25.0 Å². The lowest BCUT2D eigenvalue weighted by atomic mass is 10.2. The van der Waals surface area contributed by atoms with Gasteiger partial charge >= 0.3 is 0 Å². The van der Waals surface area contributed by atoms with Crippen molar-refractivity contribution in [3.63, 3.8) is 0 Å². The summed E-state index contributed by atoms with van der Waals surface area (Å²) in [6.45, 7) is 5.01. The summed E-state index contributed by atoms with van der Waals surface area (Å²) in [5, 5.41) is 0. The minimum Gasteiger partial charge on any atom is -0.379 e. The molecule has 3 nitrogen and oxygen atoms in total. The van der Waals surface area contributed by atoms with Gasteiger partial charge in [-0.15, -0.1) is 11.3 Å². The van der Waals surface area contributed by atoms with Crippen molar-refractivity contribution >= 4 is 11.3 Å². The van der Waals surface area contributed by atoms with Crippen LogP contribution in [-0.4, -0.2) is 19.3 Å². The molecule has 1 saturated heterocycles. The largest absolute Gasteiger partial charge is 0.379 e. The summed E-state index contributed by atoms with van der Waals surface area (Å²) in [5.74, 6) is 0. The Labute approximate surface area is 94.2 Å². The fourth-order valence-corrected chi connectivity index (χ4v) is 2.61. The van der Waals surface area contributed by atoms with Gasteiger partial charge in [0.2, 0.25) is 0 Å². The van der Waals surface area contributed by atoms with Gasteiger partial charge in [0, 0.05) is 22.9 Å². The maximum absolute atomic E-state index is 5.77. The summed E-state index contributed by atoms with van der Waals surface area (Å²) in [5.41, 5.74) is 6.87. The Bertz CT molecular complexity index is 318. The average molecular weight is 227 g/mol. The molecular weight excluding hydrogens is 210 g/mol. The predicted octanol–water partition coefficient (Wildman–Crippen LogP) is 1.82. The van der Waals surface area contributed by atoms with Crippen molar-refractivity contribution in [2.75, 3.05) is 13.2 Å². The number of thiophene rings is 1. The molecule has 0 saturated carbocycles. The first-order valence-corrected chi connectivity index (χ1v) is 6.09. The van der Waals surface area contributed by atoms with Gasteiger partial charge in [-0.2, -0.15) is 0 Å². The molecule has 2 rings (SSSR count). The third kappa shape index (κ3) is 2.78. The molecule has 4 heteroatoms. The Morgan fingerprint density at radius 1 is 1.67 bits per heavy atom. The Morgan fingerprint density at radius 2 is 2.53 bits per heavy atom. The minimum absolute atomic E-state index is 0.283. The first kappa shape index (κ1) is 11.1. The van der Waals surface area contributed by atoms with Crippen LogP contribution in [-0.2, 0) is 22.6 Å². The lowest BCUT2D eigenvalue weighted by molar-refractivity contribution is 0.0317. The van der Waals surface area contributed by atoms with E-state index in [4.69, 9.17) is 15.2 Å². The van der Waals surface area contributed by atoms with E-state index in [0.29, 0.717) is 13.2 Å². The molecule has 0 aliphatic carbocycles. The highest BCUT2D eigenvalue weighted by atomic mass is 32.1. The first-order chi connectivity index (χ1) is 7.29. The molecule has 1 atom stereocenters. The Balaban J connectivity index is 1.89. The average Bonchev–Trinajstić information content (AvgIpc) is 2.84. The molecule has 2 N–H and O–H groups in total. The molecule has 84 valence electrons. The number of nitrogens with two attached hydrogens (primary N) is 1. The number of aryl methyl sites for hydroxylation is 1. The van der Waals surface area contributed by atoms with E-state index in [1.54, 1.807) is 11.3 Å². The quantitative estimate of drug-likeness (QED) is 0.853. The first-order valence-electron chi connectivity index (χ1n) is 5.27. The van der Waals surface area contributed by atoms with Crippen LogP contribution in [0.3, 0.4) is 0 Å². The van der Waals surface area contributed by atoms with E-state index in [9.17, 15) is 0 Å². The van der Waals surface area contributed by atoms with E-state index in [0.717, 1.165) is 19.6 Å². The van der Waals surface area contributed by atoms with Gasteiger partial charge in [0.1, 0.15) is 0 Å². The van der Waals surface area contributed by atoms with Crippen LogP contribution in [0.5, 0.6) is 0 Å². The molecule has 1 aliphatic heterocycles. The summed E-state index contributed by atoms with van der Waals surface area (Å²) in [7, 11) is 0. The van der Waals surface area contributed by atoms with Crippen LogP contribution < -0.4 is 5.73 Å². The number of hydrogen-bond acceptors (Lipinski definition) is 4. The molecule has 0 spiro atoms. The molecule has 1 aromatic rings. The smallest absolute Gasteiger partial charge is 0.0835 e. The molecule has 0 amide bonds. The summed E-state index contributed by atoms with van der Waals surface area (Å²) in [4.78, 5) is 2.54. The van der Waals surface area contributed by atoms with Gasteiger partial charge in [-0.25, -0.2) is 0 Å². The molecule has 1 aliphatic rings. The van der Waals surface area contributed by atoms with E-state index < -0.39 is 0 Å². The molecule has 0 aromatic carbocycles. The SMILES string of the molecule is Cc1sc(CN)cc1COC1CCOC1. The van der Waals surface area contributed by atoms with E-state index in [2.05, 4.69) is 13.0 Å². The zero-order chi connectivity index (χ0) is 10.7. The molecule has 15 heavy (non-hydrogen) atoms. The molecule has 2 heterocycles. The van der Waals surface area contributed by atoms with Gasteiger partial charge in [0.25, 0.3) is 0 Å². The van der Waals surface area contributed by atoms with Gasteiger partial charge in [-0.1, -0.05) is 0 Å².